The van der Waals surface area contributed by atoms with Gasteiger partial charge < -0.3 is 9.15 Å². The predicted molar refractivity (Wildman–Crippen MR) is 114 cm³/mol. The maximum atomic E-state index is 13.2. The van der Waals surface area contributed by atoms with E-state index in [1.807, 2.05) is 13.0 Å². The fourth-order valence-corrected chi connectivity index (χ4v) is 3.29. The van der Waals surface area contributed by atoms with Crippen LogP contribution in [0.5, 0.6) is 5.75 Å². The number of benzene rings is 3. The van der Waals surface area contributed by atoms with E-state index in [0.717, 1.165) is 5.56 Å². The third kappa shape index (κ3) is 3.77. The molecule has 0 atom stereocenters. The molecule has 1 heterocycles. The van der Waals surface area contributed by atoms with Crippen LogP contribution in [0.1, 0.15) is 15.9 Å². The predicted octanol–water partition coefficient (Wildman–Crippen LogP) is 6.29. The quantitative estimate of drug-likeness (QED) is 0.362. The first-order valence-corrected chi connectivity index (χ1v) is 9.50. The van der Waals surface area contributed by atoms with Gasteiger partial charge in [0.1, 0.15) is 5.58 Å². The van der Waals surface area contributed by atoms with Crippen molar-refractivity contribution in [2.24, 2.45) is 0 Å². The molecule has 0 amide bonds. The molecule has 0 bridgehead atoms. The van der Waals surface area contributed by atoms with E-state index in [1.165, 1.54) is 12.1 Å². The molecule has 4 aromatic rings. The van der Waals surface area contributed by atoms with Gasteiger partial charge in [-0.3, -0.25) is 4.79 Å². The number of carbonyl (C=O) groups is 1. The molecule has 0 aliphatic heterocycles. The molecule has 0 radical (unpaired) electrons. The van der Waals surface area contributed by atoms with Crippen molar-refractivity contribution in [1.29, 1.82) is 0 Å². The largest absolute Gasteiger partial charge is 0.452 e. The van der Waals surface area contributed by atoms with Gasteiger partial charge in [-0.05, 0) is 42.8 Å². The zero-order chi connectivity index (χ0) is 20.5. The van der Waals surface area contributed by atoms with Crippen molar-refractivity contribution < 1.29 is 13.9 Å². The van der Waals surface area contributed by atoms with Gasteiger partial charge in [0.15, 0.2) is 5.76 Å². The van der Waals surface area contributed by atoms with Crippen molar-refractivity contribution >= 4 is 40.1 Å². The minimum Gasteiger partial charge on any atom is -0.452 e. The fourth-order valence-electron chi connectivity index (χ4n) is 2.94. The van der Waals surface area contributed by atoms with Crippen LogP contribution >= 0.6 is 23.2 Å². The van der Waals surface area contributed by atoms with E-state index >= 15 is 0 Å². The van der Waals surface area contributed by atoms with Gasteiger partial charge in [-0.25, -0.2) is 4.79 Å². The SMILES string of the molecule is Cc1cc2oc(-c3ccccc3)c(OC(=O)c3cccc(Cl)c3)c(=O)c2cc1Cl. The molecule has 0 unspecified atom stereocenters. The van der Waals surface area contributed by atoms with Crippen LogP contribution < -0.4 is 10.2 Å². The normalized spacial score (nSPS) is 10.9. The molecule has 144 valence electrons. The summed E-state index contributed by atoms with van der Waals surface area (Å²) in [5.41, 5.74) is 1.47. The summed E-state index contributed by atoms with van der Waals surface area (Å²) in [6.45, 7) is 1.82. The third-order valence-electron chi connectivity index (χ3n) is 4.42. The van der Waals surface area contributed by atoms with E-state index in [1.54, 1.807) is 48.5 Å². The molecule has 6 heteroatoms. The number of hydrogen-bond donors (Lipinski definition) is 0. The van der Waals surface area contributed by atoms with Crippen molar-refractivity contribution in [2.75, 3.05) is 0 Å². The van der Waals surface area contributed by atoms with E-state index in [0.29, 0.717) is 21.2 Å². The standard InChI is InChI=1S/C23H14Cl2O4/c1-13-10-19-17(12-18(13)25)20(26)22(21(28-19)14-6-3-2-4-7-14)29-23(27)15-8-5-9-16(24)11-15/h2-12H,1H3. The second-order valence-electron chi connectivity index (χ2n) is 6.45. The van der Waals surface area contributed by atoms with Crippen LogP contribution in [0.3, 0.4) is 0 Å². The average molecular weight is 425 g/mol. The van der Waals surface area contributed by atoms with Crippen molar-refractivity contribution in [3.05, 3.63) is 98.1 Å². The maximum Gasteiger partial charge on any atom is 0.343 e. The molecule has 0 saturated heterocycles. The van der Waals surface area contributed by atoms with Crippen LogP contribution in [0, 0.1) is 6.92 Å². The van der Waals surface area contributed by atoms with Gasteiger partial charge in [0.2, 0.25) is 11.2 Å². The van der Waals surface area contributed by atoms with Crippen molar-refractivity contribution in [3.63, 3.8) is 0 Å². The summed E-state index contributed by atoms with van der Waals surface area (Å²) in [6, 6.07) is 18.5. The number of hydrogen-bond acceptors (Lipinski definition) is 4. The lowest BCUT2D eigenvalue weighted by molar-refractivity contribution is 0.0731. The third-order valence-corrected chi connectivity index (χ3v) is 5.06. The fraction of sp³-hybridized carbons (Fsp3) is 0.0435. The number of rotatable bonds is 3. The van der Waals surface area contributed by atoms with E-state index in [2.05, 4.69) is 0 Å². The highest BCUT2D eigenvalue weighted by atomic mass is 35.5. The number of ether oxygens (including phenoxy) is 1. The molecule has 4 nitrogen and oxygen atoms in total. The van der Waals surface area contributed by atoms with Crippen molar-refractivity contribution in [2.45, 2.75) is 6.92 Å². The minimum atomic E-state index is -0.713. The van der Waals surface area contributed by atoms with Crippen molar-refractivity contribution in [1.82, 2.24) is 0 Å². The highest BCUT2D eigenvalue weighted by molar-refractivity contribution is 6.32. The number of halogens is 2. The first-order valence-electron chi connectivity index (χ1n) is 8.74. The van der Waals surface area contributed by atoms with Crippen LogP contribution in [-0.2, 0) is 0 Å². The molecule has 3 aromatic carbocycles. The first kappa shape index (κ1) is 19.2. The summed E-state index contributed by atoms with van der Waals surface area (Å²) in [5, 5.41) is 1.04. The highest BCUT2D eigenvalue weighted by Crippen LogP contribution is 2.33. The summed E-state index contributed by atoms with van der Waals surface area (Å²) in [7, 11) is 0. The monoisotopic (exact) mass is 424 g/mol. The molecular weight excluding hydrogens is 411 g/mol. The Morgan fingerprint density at radius 1 is 0.966 bits per heavy atom. The van der Waals surface area contributed by atoms with Gasteiger partial charge in [-0.1, -0.05) is 59.6 Å². The van der Waals surface area contributed by atoms with Gasteiger partial charge >= 0.3 is 5.97 Å². The Labute approximate surface area is 176 Å². The molecule has 0 spiro atoms. The van der Waals surface area contributed by atoms with E-state index in [4.69, 9.17) is 32.4 Å². The van der Waals surface area contributed by atoms with Crippen LogP contribution in [0.2, 0.25) is 10.0 Å². The van der Waals surface area contributed by atoms with Gasteiger partial charge in [0.05, 0.1) is 10.9 Å². The number of carbonyl (C=O) groups excluding carboxylic acids is 1. The smallest absolute Gasteiger partial charge is 0.343 e. The number of esters is 1. The Bertz CT molecular complexity index is 1290. The second-order valence-corrected chi connectivity index (χ2v) is 7.30. The first-order chi connectivity index (χ1) is 13.9. The van der Waals surface area contributed by atoms with Crippen LogP contribution in [0.15, 0.2) is 75.9 Å². The van der Waals surface area contributed by atoms with Crippen LogP contribution in [0.25, 0.3) is 22.3 Å². The topological polar surface area (TPSA) is 56.5 Å². The Kier molecular flexibility index (Phi) is 5.14. The second kappa shape index (κ2) is 7.74. The Hall–Kier alpha value is -3.08. The molecule has 29 heavy (non-hydrogen) atoms. The van der Waals surface area contributed by atoms with Gasteiger partial charge in [0, 0.05) is 15.6 Å². The summed E-state index contributed by atoms with van der Waals surface area (Å²) >= 11 is 12.1. The van der Waals surface area contributed by atoms with Gasteiger partial charge in [-0.2, -0.15) is 0 Å². The molecule has 0 aliphatic rings. The zero-order valence-corrected chi connectivity index (χ0v) is 16.8. The van der Waals surface area contributed by atoms with E-state index in [9.17, 15) is 9.59 Å². The molecule has 1 aromatic heterocycles. The van der Waals surface area contributed by atoms with Gasteiger partial charge in [0.25, 0.3) is 0 Å². The Morgan fingerprint density at radius 3 is 2.45 bits per heavy atom. The number of aryl methyl sites for hydroxylation is 1. The Balaban J connectivity index is 1.93. The summed E-state index contributed by atoms with van der Waals surface area (Å²) < 4.78 is 11.5. The van der Waals surface area contributed by atoms with E-state index in [-0.39, 0.29) is 22.5 Å². The molecular formula is C23H14Cl2O4. The molecule has 0 fully saturated rings. The Morgan fingerprint density at radius 2 is 1.72 bits per heavy atom. The summed E-state index contributed by atoms with van der Waals surface area (Å²) in [4.78, 5) is 25.9. The lowest BCUT2D eigenvalue weighted by Crippen LogP contribution is -2.16. The zero-order valence-electron chi connectivity index (χ0n) is 15.2. The van der Waals surface area contributed by atoms with Crippen molar-refractivity contribution in [3.8, 4) is 17.1 Å². The lowest BCUT2D eigenvalue weighted by Gasteiger charge is -2.11. The lowest BCUT2D eigenvalue weighted by atomic mass is 10.1. The maximum absolute atomic E-state index is 13.2. The number of fused-ring (bicyclic) bond motifs is 1. The molecule has 0 N–H and O–H groups in total. The van der Waals surface area contributed by atoms with E-state index < -0.39 is 11.4 Å². The minimum absolute atomic E-state index is 0.167. The van der Waals surface area contributed by atoms with Crippen LogP contribution in [-0.4, -0.2) is 5.97 Å². The summed E-state index contributed by atoms with van der Waals surface area (Å²) in [5.74, 6) is -0.747. The average Bonchev–Trinajstić information content (AvgIpc) is 2.72. The summed E-state index contributed by atoms with van der Waals surface area (Å²) in [6.07, 6.45) is 0. The molecule has 0 aliphatic carbocycles. The molecule has 4 rings (SSSR count). The van der Waals surface area contributed by atoms with Gasteiger partial charge in [-0.15, -0.1) is 0 Å². The highest BCUT2D eigenvalue weighted by Gasteiger charge is 2.22. The van der Waals surface area contributed by atoms with Crippen LogP contribution in [0.4, 0.5) is 0 Å². The molecule has 0 saturated carbocycles.